The van der Waals surface area contributed by atoms with Crippen LogP contribution in [0.4, 0.5) is 10.1 Å². The second kappa shape index (κ2) is 9.30. The molecule has 0 saturated heterocycles. The molecule has 6 rings (SSSR count). The minimum atomic E-state index is -0.458. The van der Waals surface area contributed by atoms with Gasteiger partial charge in [0.1, 0.15) is 28.2 Å². The smallest absolute Gasteiger partial charge is 0.224 e. The van der Waals surface area contributed by atoms with Crippen molar-refractivity contribution >= 4 is 33.5 Å². The van der Waals surface area contributed by atoms with Gasteiger partial charge in [0.15, 0.2) is 5.82 Å². The molecule has 0 bridgehead atoms. The second-order valence-corrected chi connectivity index (χ2v) is 8.72. The van der Waals surface area contributed by atoms with Crippen LogP contribution in [0.3, 0.4) is 0 Å². The highest BCUT2D eigenvalue weighted by Gasteiger charge is 2.19. The molecule has 0 atom stereocenters. The first-order valence-electron chi connectivity index (χ1n) is 11.9. The topological polar surface area (TPSA) is 125 Å². The van der Waals surface area contributed by atoms with Gasteiger partial charge in [-0.2, -0.15) is 5.10 Å². The van der Waals surface area contributed by atoms with E-state index in [1.54, 1.807) is 37.2 Å². The van der Waals surface area contributed by atoms with Crippen LogP contribution in [0.1, 0.15) is 26.2 Å². The predicted molar refractivity (Wildman–Crippen MR) is 138 cm³/mol. The first-order chi connectivity index (χ1) is 18.1. The normalized spacial score (nSPS) is 11.4. The summed E-state index contributed by atoms with van der Waals surface area (Å²) < 4.78 is 20.4. The quantitative estimate of drug-likeness (QED) is 0.246. The van der Waals surface area contributed by atoms with Crippen molar-refractivity contribution in [1.29, 1.82) is 0 Å². The Morgan fingerprint density at radius 1 is 1.11 bits per heavy atom. The van der Waals surface area contributed by atoms with Gasteiger partial charge in [-0.25, -0.2) is 9.37 Å². The number of hydrogen-bond donors (Lipinski definition) is 3. The van der Waals surface area contributed by atoms with E-state index in [2.05, 4.69) is 30.5 Å². The predicted octanol–water partition coefficient (Wildman–Crippen LogP) is 6.09. The lowest BCUT2D eigenvalue weighted by Gasteiger charge is -2.08. The van der Waals surface area contributed by atoms with Crippen LogP contribution in [0.15, 0.2) is 65.9 Å². The number of fused-ring (bicyclic) bond motifs is 2. The van der Waals surface area contributed by atoms with Crippen molar-refractivity contribution in [2.24, 2.45) is 0 Å². The first-order valence-corrected chi connectivity index (χ1v) is 11.9. The highest BCUT2D eigenvalue weighted by atomic mass is 19.1. The van der Waals surface area contributed by atoms with E-state index in [9.17, 15) is 4.79 Å². The zero-order valence-electron chi connectivity index (χ0n) is 19.9. The molecule has 5 aromatic heterocycles. The molecule has 0 spiro atoms. The van der Waals surface area contributed by atoms with Crippen molar-refractivity contribution in [3.8, 4) is 33.9 Å². The number of unbranched alkanes of at least 4 members (excludes halogenated alkanes) is 1. The van der Waals surface area contributed by atoms with Crippen molar-refractivity contribution in [3.05, 3.63) is 67.3 Å². The van der Waals surface area contributed by atoms with Gasteiger partial charge in [0.25, 0.3) is 0 Å². The molecule has 5 heterocycles. The van der Waals surface area contributed by atoms with E-state index < -0.39 is 5.82 Å². The van der Waals surface area contributed by atoms with Gasteiger partial charge in [-0.15, -0.1) is 0 Å². The Morgan fingerprint density at radius 3 is 2.86 bits per heavy atom. The number of nitrogens with one attached hydrogen (secondary N) is 3. The fraction of sp³-hybridized carbons (Fsp3) is 0.148. The molecule has 3 N–H and O–H groups in total. The van der Waals surface area contributed by atoms with Gasteiger partial charge in [0.2, 0.25) is 5.91 Å². The number of nitrogens with zero attached hydrogens (tertiary/aromatic N) is 4. The Kier molecular flexibility index (Phi) is 5.68. The highest BCUT2D eigenvalue weighted by Crippen LogP contribution is 2.34. The van der Waals surface area contributed by atoms with E-state index in [0.717, 1.165) is 23.9 Å². The largest absolute Gasteiger partial charge is 0.472 e. The highest BCUT2D eigenvalue weighted by molar-refractivity contribution is 5.98. The summed E-state index contributed by atoms with van der Waals surface area (Å²) in [6.45, 7) is 2.03. The molecule has 10 heteroatoms. The van der Waals surface area contributed by atoms with E-state index in [4.69, 9.17) is 9.40 Å². The third-order valence-electron chi connectivity index (χ3n) is 6.16. The molecule has 1 aromatic carbocycles. The molecule has 9 nitrogen and oxygen atoms in total. The Morgan fingerprint density at radius 2 is 2.03 bits per heavy atom. The number of amides is 1. The number of benzene rings is 1. The van der Waals surface area contributed by atoms with Crippen LogP contribution in [0.5, 0.6) is 0 Å². The molecule has 37 heavy (non-hydrogen) atoms. The average molecular weight is 496 g/mol. The third-order valence-corrected chi connectivity index (χ3v) is 6.16. The molecule has 0 fully saturated rings. The van der Waals surface area contributed by atoms with Crippen molar-refractivity contribution in [2.75, 3.05) is 5.32 Å². The number of halogens is 1. The monoisotopic (exact) mass is 495 g/mol. The van der Waals surface area contributed by atoms with Gasteiger partial charge in [0, 0.05) is 35.3 Å². The summed E-state index contributed by atoms with van der Waals surface area (Å²) in [6, 6.07) is 8.67. The van der Waals surface area contributed by atoms with Crippen molar-refractivity contribution in [2.45, 2.75) is 26.2 Å². The van der Waals surface area contributed by atoms with E-state index in [-0.39, 0.29) is 11.4 Å². The van der Waals surface area contributed by atoms with Crippen LogP contribution in [-0.4, -0.2) is 36.0 Å². The van der Waals surface area contributed by atoms with Crippen molar-refractivity contribution in [1.82, 2.24) is 30.1 Å². The summed E-state index contributed by atoms with van der Waals surface area (Å²) in [7, 11) is 0. The molecule has 0 unspecified atom stereocenters. The maximum absolute atomic E-state index is 15.2. The Hall–Kier alpha value is -4.86. The van der Waals surface area contributed by atoms with E-state index in [1.807, 2.05) is 25.1 Å². The molecule has 0 radical (unpaired) electrons. The lowest BCUT2D eigenvalue weighted by Crippen LogP contribution is -2.11. The number of aromatic amines is 2. The van der Waals surface area contributed by atoms with Crippen LogP contribution in [0.2, 0.25) is 0 Å². The summed E-state index contributed by atoms with van der Waals surface area (Å²) in [5.74, 6) is -0.0557. The number of aromatic nitrogens is 6. The summed E-state index contributed by atoms with van der Waals surface area (Å²) in [5, 5.41) is 10.6. The van der Waals surface area contributed by atoms with Gasteiger partial charge in [-0.1, -0.05) is 13.3 Å². The van der Waals surface area contributed by atoms with E-state index in [1.165, 1.54) is 6.07 Å². The number of imidazole rings is 1. The minimum absolute atomic E-state index is 0.0753. The van der Waals surface area contributed by atoms with Gasteiger partial charge >= 0.3 is 0 Å². The average Bonchev–Trinajstić information content (AvgIpc) is 3.67. The molecular weight excluding hydrogens is 473 g/mol. The Labute approximate surface area is 210 Å². The number of rotatable bonds is 7. The maximum atomic E-state index is 15.2. The SMILES string of the molecule is CCCCC(=O)Nc1cncc(-c2cc(F)c3[nH]nc(-c4nc5c(-c6ccoc6)nccc5[nH]4)c3c2)c1. The van der Waals surface area contributed by atoms with Crippen LogP contribution >= 0.6 is 0 Å². The minimum Gasteiger partial charge on any atom is -0.472 e. The fourth-order valence-electron chi connectivity index (χ4n) is 4.31. The van der Waals surface area contributed by atoms with Crippen molar-refractivity contribution < 1.29 is 13.6 Å². The van der Waals surface area contributed by atoms with Crippen LogP contribution < -0.4 is 5.32 Å². The molecule has 0 aliphatic heterocycles. The maximum Gasteiger partial charge on any atom is 0.224 e. The number of anilines is 1. The summed E-state index contributed by atoms with van der Waals surface area (Å²) in [5.41, 5.74) is 5.46. The second-order valence-electron chi connectivity index (χ2n) is 8.72. The van der Waals surface area contributed by atoms with Crippen LogP contribution in [-0.2, 0) is 4.79 Å². The molecular formula is C27H22FN7O2. The lowest BCUT2D eigenvalue weighted by atomic mass is 10.0. The molecule has 0 aliphatic rings. The molecule has 6 aromatic rings. The third kappa shape index (κ3) is 4.22. The molecule has 1 amide bonds. The summed E-state index contributed by atoms with van der Waals surface area (Å²) >= 11 is 0. The number of furan rings is 1. The Balaban J connectivity index is 1.40. The van der Waals surface area contributed by atoms with E-state index in [0.29, 0.717) is 51.4 Å². The molecule has 184 valence electrons. The zero-order valence-corrected chi connectivity index (χ0v) is 19.9. The van der Waals surface area contributed by atoms with Gasteiger partial charge in [-0.3, -0.25) is 19.9 Å². The van der Waals surface area contributed by atoms with Crippen molar-refractivity contribution in [3.63, 3.8) is 0 Å². The standard InChI is InChI=1S/C27H22FN7O2/c1-2-3-4-22(36)31-18-9-17(12-29-13-18)16-10-19-24(20(28)11-16)34-35-25(19)27-32-21-5-7-30-23(26(21)33-27)15-6-8-37-14-15/h5-14H,2-4H2,1H3,(H,31,36)(H,32,33)(H,34,35). The number of hydrogen-bond acceptors (Lipinski definition) is 6. The molecule has 0 aliphatic carbocycles. The number of pyridine rings is 2. The lowest BCUT2D eigenvalue weighted by molar-refractivity contribution is -0.116. The fourth-order valence-corrected chi connectivity index (χ4v) is 4.31. The first kappa shape index (κ1) is 22.6. The number of carbonyl (C=O) groups is 1. The number of H-pyrrole nitrogens is 2. The molecule has 0 saturated carbocycles. The summed E-state index contributed by atoms with van der Waals surface area (Å²) in [4.78, 5) is 28.9. The number of carbonyl (C=O) groups excluding carboxylic acids is 1. The van der Waals surface area contributed by atoms with Crippen LogP contribution in [0, 0.1) is 5.82 Å². The van der Waals surface area contributed by atoms with Gasteiger partial charge in [0.05, 0.1) is 29.9 Å². The van der Waals surface area contributed by atoms with Crippen LogP contribution in [0.25, 0.3) is 55.8 Å². The summed E-state index contributed by atoms with van der Waals surface area (Å²) in [6.07, 6.45) is 10.3. The van der Waals surface area contributed by atoms with E-state index >= 15 is 4.39 Å². The Bertz CT molecular complexity index is 1740. The van der Waals surface area contributed by atoms with Gasteiger partial charge < -0.3 is 14.7 Å². The van der Waals surface area contributed by atoms with Gasteiger partial charge in [-0.05, 0) is 42.3 Å². The zero-order chi connectivity index (χ0) is 25.4.